The van der Waals surface area contributed by atoms with Crippen LogP contribution in [0.3, 0.4) is 0 Å². The molecule has 0 saturated carbocycles. The van der Waals surface area contributed by atoms with Crippen LogP contribution in [0, 0.1) is 0 Å². The van der Waals surface area contributed by atoms with Crippen molar-refractivity contribution in [2.45, 2.75) is 38.5 Å². The van der Waals surface area contributed by atoms with E-state index in [1.165, 1.54) is 12.4 Å². The van der Waals surface area contributed by atoms with Crippen LogP contribution in [-0.4, -0.2) is 37.2 Å². The van der Waals surface area contributed by atoms with Crippen molar-refractivity contribution in [1.29, 1.82) is 0 Å². The van der Waals surface area contributed by atoms with Gasteiger partial charge in [0.05, 0.1) is 24.0 Å². The van der Waals surface area contributed by atoms with Crippen LogP contribution in [-0.2, 0) is 6.54 Å². The lowest BCUT2D eigenvalue weighted by Gasteiger charge is -2.39. The minimum atomic E-state index is -0.665. The number of fused-ring (bicyclic) bond motifs is 1. The zero-order chi connectivity index (χ0) is 19.5. The smallest absolute Gasteiger partial charge is 0.255 e. The maximum absolute atomic E-state index is 12.7. The van der Waals surface area contributed by atoms with Gasteiger partial charge in [0.2, 0.25) is 5.95 Å². The van der Waals surface area contributed by atoms with Crippen LogP contribution in [0.4, 0.5) is 5.95 Å². The number of aromatic nitrogens is 4. The zero-order valence-corrected chi connectivity index (χ0v) is 15.8. The second-order valence-electron chi connectivity index (χ2n) is 6.96. The summed E-state index contributed by atoms with van der Waals surface area (Å²) < 4.78 is 1.69. The van der Waals surface area contributed by atoms with Gasteiger partial charge >= 0.3 is 0 Å². The molecule has 4 rings (SSSR count). The van der Waals surface area contributed by atoms with Crippen molar-refractivity contribution in [3.8, 4) is 11.4 Å². The van der Waals surface area contributed by atoms with E-state index in [0.29, 0.717) is 30.4 Å². The Morgan fingerprint density at radius 2 is 2.04 bits per heavy atom. The second kappa shape index (κ2) is 7.90. The molecule has 28 heavy (non-hydrogen) atoms. The van der Waals surface area contributed by atoms with Crippen molar-refractivity contribution >= 4 is 5.95 Å². The first-order chi connectivity index (χ1) is 13.7. The lowest BCUT2D eigenvalue weighted by Crippen LogP contribution is -2.47. The van der Waals surface area contributed by atoms with E-state index in [2.05, 4.69) is 21.8 Å². The maximum atomic E-state index is 12.7. The molecule has 3 aromatic rings. The number of anilines is 1. The van der Waals surface area contributed by atoms with E-state index in [-0.39, 0.29) is 11.6 Å². The summed E-state index contributed by atoms with van der Waals surface area (Å²) in [6.45, 7) is 3.12. The molecule has 0 saturated heterocycles. The van der Waals surface area contributed by atoms with Crippen LogP contribution in [0.5, 0.6) is 0 Å². The maximum Gasteiger partial charge on any atom is 0.255 e. The van der Waals surface area contributed by atoms with Crippen molar-refractivity contribution in [3.05, 3.63) is 70.9 Å². The summed E-state index contributed by atoms with van der Waals surface area (Å²) in [5.41, 5.74) is 1.88. The van der Waals surface area contributed by atoms with Gasteiger partial charge in [-0.25, -0.2) is 15.0 Å². The number of nitrogens with zero attached hydrogens (tertiary/aromatic N) is 5. The molecule has 2 aromatic heterocycles. The summed E-state index contributed by atoms with van der Waals surface area (Å²) in [5.74, 6) is 0.592. The average molecular weight is 377 g/mol. The molecule has 1 N–H and O–H groups in total. The fraction of sp³-hybridized carbons (Fsp3) is 0.333. The van der Waals surface area contributed by atoms with Gasteiger partial charge in [-0.2, -0.15) is 0 Å². The molecule has 7 heteroatoms. The second-order valence-corrected chi connectivity index (χ2v) is 6.96. The summed E-state index contributed by atoms with van der Waals surface area (Å²) in [6, 6.07) is 13.0. The number of hydrogen-bond acceptors (Lipinski definition) is 6. The molecule has 7 nitrogen and oxygen atoms in total. The number of hydrogen-bond donors (Lipinski definition) is 1. The van der Waals surface area contributed by atoms with Gasteiger partial charge in [0, 0.05) is 24.8 Å². The molecule has 0 aliphatic carbocycles. The van der Waals surface area contributed by atoms with Crippen molar-refractivity contribution < 1.29 is 5.11 Å². The van der Waals surface area contributed by atoms with Crippen molar-refractivity contribution in [3.63, 3.8) is 0 Å². The molecule has 1 aliphatic heterocycles. The Kier molecular flexibility index (Phi) is 5.16. The Morgan fingerprint density at radius 3 is 2.75 bits per heavy atom. The molecule has 0 amide bonds. The van der Waals surface area contributed by atoms with E-state index in [0.717, 1.165) is 18.4 Å². The summed E-state index contributed by atoms with van der Waals surface area (Å²) in [7, 11) is 0. The van der Waals surface area contributed by atoms with Gasteiger partial charge in [0.1, 0.15) is 6.33 Å². The third-order valence-corrected chi connectivity index (χ3v) is 5.24. The van der Waals surface area contributed by atoms with Gasteiger partial charge in [-0.05, 0) is 24.5 Å². The molecule has 0 radical (unpaired) electrons. The van der Waals surface area contributed by atoms with E-state index >= 15 is 0 Å². The SMILES string of the molecule is CCC1CCn2c(nc(-c3ccncn3)cc2=O)N1C[C@H](O)c1ccccc1. The normalized spacial score (nSPS) is 17.2. The minimum absolute atomic E-state index is 0.104. The van der Waals surface area contributed by atoms with Crippen LogP contribution in [0.2, 0.25) is 0 Å². The van der Waals surface area contributed by atoms with Gasteiger partial charge in [0.15, 0.2) is 0 Å². The Hall–Kier alpha value is -3.06. The highest BCUT2D eigenvalue weighted by molar-refractivity contribution is 5.55. The number of aliphatic hydroxyl groups excluding tert-OH is 1. The quantitative estimate of drug-likeness (QED) is 0.735. The minimum Gasteiger partial charge on any atom is -0.387 e. The highest BCUT2D eigenvalue weighted by atomic mass is 16.3. The molecule has 1 aromatic carbocycles. The molecular weight excluding hydrogens is 354 g/mol. The summed E-state index contributed by atoms with van der Waals surface area (Å²) in [5, 5.41) is 10.8. The van der Waals surface area contributed by atoms with E-state index < -0.39 is 6.10 Å². The molecular formula is C21H23N5O2. The topological polar surface area (TPSA) is 84.1 Å². The molecule has 0 spiro atoms. The highest BCUT2D eigenvalue weighted by Crippen LogP contribution is 2.28. The van der Waals surface area contributed by atoms with Crippen molar-refractivity contribution in [2.24, 2.45) is 0 Å². The monoisotopic (exact) mass is 377 g/mol. The van der Waals surface area contributed by atoms with Crippen LogP contribution >= 0.6 is 0 Å². The van der Waals surface area contributed by atoms with Crippen molar-refractivity contribution in [2.75, 3.05) is 11.4 Å². The third-order valence-electron chi connectivity index (χ3n) is 5.24. The van der Waals surface area contributed by atoms with Crippen LogP contribution in [0.15, 0.2) is 59.8 Å². The van der Waals surface area contributed by atoms with Gasteiger partial charge in [0.25, 0.3) is 5.56 Å². The van der Waals surface area contributed by atoms with Gasteiger partial charge in [-0.3, -0.25) is 9.36 Å². The summed E-state index contributed by atoms with van der Waals surface area (Å²) in [4.78, 5) is 27.7. The standard InChI is InChI=1S/C21H23N5O2/c1-2-16-9-11-25-20(28)12-18(17-8-10-22-14-23-17)24-21(25)26(16)13-19(27)15-6-4-3-5-7-15/h3-8,10,12,14,16,19,27H,2,9,11,13H2,1H3/t16?,19-/m0/s1. The molecule has 1 unspecified atom stereocenters. The molecule has 1 aliphatic rings. The predicted octanol–water partition coefficient (Wildman–Crippen LogP) is 2.42. The first kappa shape index (κ1) is 18.3. The third kappa shape index (κ3) is 3.53. The molecule has 3 heterocycles. The summed E-state index contributed by atoms with van der Waals surface area (Å²) >= 11 is 0. The fourth-order valence-corrected chi connectivity index (χ4v) is 3.72. The number of rotatable bonds is 5. The largest absolute Gasteiger partial charge is 0.387 e. The number of benzene rings is 1. The molecule has 144 valence electrons. The Labute approximate surface area is 163 Å². The van der Waals surface area contributed by atoms with E-state index in [9.17, 15) is 9.90 Å². The first-order valence-corrected chi connectivity index (χ1v) is 9.55. The number of β-amino-alcohol motifs (C(OH)–C–C–N with tert-alkyl or cyclic N) is 1. The van der Waals surface area contributed by atoms with E-state index in [1.54, 1.807) is 16.8 Å². The average Bonchev–Trinajstić information content (AvgIpc) is 2.75. The Bertz CT molecular complexity index is 991. The Balaban J connectivity index is 1.74. The summed E-state index contributed by atoms with van der Waals surface area (Å²) in [6.07, 6.45) is 4.17. The molecule has 0 fully saturated rings. The van der Waals surface area contributed by atoms with E-state index in [4.69, 9.17) is 4.98 Å². The predicted molar refractivity (Wildman–Crippen MR) is 107 cm³/mol. The molecule has 2 atom stereocenters. The van der Waals surface area contributed by atoms with Crippen LogP contribution in [0.25, 0.3) is 11.4 Å². The van der Waals surface area contributed by atoms with Gasteiger partial charge in [-0.1, -0.05) is 37.3 Å². The lowest BCUT2D eigenvalue weighted by atomic mass is 10.0. The zero-order valence-electron chi connectivity index (χ0n) is 15.8. The lowest BCUT2D eigenvalue weighted by molar-refractivity contribution is 0.176. The van der Waals surface area contributed by atoms with Gasteiger partial charge in [-0.15, -0.1) is 0 Å². The van der Waals surface area contributed by atoms with Crippen molar-refractivity contribution in [1.82, 2.24) is 19.5 Å². The molecule has 0 bridgehead atoms. The number of aliphatic hydroxyl groups is 1. The fourth-order valence-electron chi connectivity index (χ4n) is 3.72. The van der Waals surface area contributed by atoms with Crippen LogP contribution < -0.4 is 10.5 Å². The first-order valence-electron chi connectivity index (χ1n) is 9.55. The Morgan fingerprint density at radius 1 is 1.21 bits per heavy atom. The highest BCUT2D eigenvalue weighted by Gasteiger charge is 2.29. The van der Waals surface area contributed by atoms with Crippen LogP contribution in [0.1, 0.15) is 31.4 Å². The van der Waals surface area contributed by atoms with Gasteiger partial charge < -0.3 is 10.0 Å². The van der Waals surface area contributed by atoms with E-state index in [1.807, 2.05) is 30.3 Å².